The fraction of sp³-hybridized carbons (Fsp3) is 0.410. The van der Waals surface area contributed by atoms with Crippen LogP contribution in [0.25, 0.3) is 10.9 Å². The number of H-pyrrole nitrogens is 1. The van der Waals surface area contributed by atoms with Gasteiger partial charge in [0.2, 0.25) is 11.8 Å². The Kier molecular flexibility index (Phi) is 13.6. The van der Waals surface area contributed by atoms with E-state index < -0.39 is 35.6 Å². The molecular weight excluding hydrogens is 690 g/mol. The highest BCUT2D eigenvalue weighted by molar-refractivity contribution is 7.99. The number of aromatic amines is 1. The molecule has 0 radical (unpaired) electrons. The number of ketones is 1. The van der Waals surface area contributed by atoms with Crippen molar-refractivity contribution in [2.24, 2.45) is 17.4 Å². The van der Waals surface area contributed by atoms with Crippen molar-refractivity contribution in [1.82, 2.24) is 20.5 Å². The lowest BCUT2D eigenvalue weighted by Gasteiger charge is -2.31. The third-order valence-electron chi connectivity index (χ3n) is 9.67. The number of fused-ring (bicyclic) bond motifs is 3. The van der Waals surface area contributed by atoms with Crippen molar-refractivity contribution in [3.63, 3.8) is 0 Å². The molecule has 278 valence electrons. The van der Waals surface area contributed by atoms with Crippen molar-refractivity contribution in [3.8, 4) is 0 Å². The van der Waals surface area contributed by atoms with Crippen molar-refractivity contribution in [2.45, 2.75) is 86.1 Å². The number of amides is 2. The predicted octanol–water partition coefficient (Wildman–Crippen LogP) is 5.94. The van der Waals surface area contributed by atoms with E-state index in [1.165, 1.54) is 22.7 Å². The number of benzene rings is 3. The van der Waals surface area contributed by atoms with Crippen LogP contribution >= 0.6 is 11.8 Å². The number of alkyl halides is 3. The van der Waals surface area contributed by atoms with Gasteiger partial charge in [0.05, 0.1) is 11.6 Å². The lowest BCUT2D eigenvalue weighted by Crippen LogP contribution is -2.51. The SMILES string of the molecule is CN1C(=O)[C@H](CCCCN)CC(=O)[C@H](CCCN)NCc2ccccc2Sc2ccc(C(F)(F)F)cc2CNC(=O)[C@@H]1Cc1c[nH]c2ccccc12. The fourth-order valence-corrected chi connectivity index (χ4v) is 7.74. The number of para-hydroxylation sites is 1. The molecule has 2 heterocycles. The number of carbonyl (C=O) groups is 3. The maximum atomic E-state index is 14.4. The summed E-state index contributed by atoms with van der Waals surface area (Å²) in [5.41, 5.74) is 13.6. The zero-order valence-corrected chi connectivity index (χ0v) is 30.1. The summed E-state index contributed by atoms with van der Waals surface area (Å²) in [4.78, 5) is 48.6. The van der Waals surface area contributed by atoms with Gasteiger partial charge in [-0.2, -0.15) is 13.2 Å². The van der Waals surface area contributed by atoms with Crippen LogP contribution in [0, 0.1) is 5.92 Å². The molecule has 5 rings (SSSR count). The van der Waals surface area contributed by atoms with Crippen molar-refractivity contribution >= 4 is 40.3 Å². The monoisotopic (exact) mass is 736 g/mol. The topological polar surface area (TPSA) is 146 Å². The second-order valence-corrected chi connectivity index (χ2v) is 14.4. The van der Waals surface area contributed by atoms with E-state index in [1.807, 2.05) is 48.5 Å². The van der Waals surface area contributed by atoms with Crippen LogP contribution in [-0.2, 0) is 40.1 Å². The number of nitrogens with one attached hydrogen (secondary N) is 3. The highest BCUT2D eigenvalue weighted by Crippen LogP contribution is 2.37. The Morgan fingerprint density at radius 2 is 1.60 bits per heavy atom. The van der Waals surface area contributed by atoms with Gasteiger partial charge < -0.3 is 32.0 Å². The molecule has 1 aliphatic rings. The van der Waals surface area contributed by atoms with E-state index in [9.17, 15) is 27.6 Å². The average molecular weight is 737 g/mol. The molecule has 1 aliphatic heterocycles. The molecule has 1 aromatic heterocycles. The van der Waals surface area contributed by atoms with E-state index in [-0.39, 0.29) is 36.6 Å². The molecule has 0 bridgehead atoms. The van der Waals surface area contributed by atoms with Gasteiger partial charge in [0, 0.05) is 65.8 Å². The van der Waals surface area contributed by atoms with Gasteiger partial charge in [-0.1, -0.05) is 54.6 Å². The summed E-state index contributed by atoms with van der Waals surface area (Å²) in [6, 6.07) is 17.0. The van der Waals surface area contributed by atoms with Crippen molar-refractivity contribution in [3.05, 3.63) is 95.2 Å². The molecule has 3 aromatic carbocycles. The molecule has 13 heteroatoms. The molecule has 0 saturated heterocycles. The standard InChI is InChI=1S/C39H47F3N6O3S/c1-48-33(20-27-23-45-31-12-4-3-11-30(27)31)37(50)47-24-28-19-29(39(40,41)42)15-16-36(28)52-35-14-5-2-10-26(35)22-46-32(13-8-18-44)34(49)21-25(38(48)51)9-6-7-17-43/h2-5,10-12,14-16,19,23,25,32-33,45-46H,6-9,13,17-18,20-22,24,43-44H2,1H3,(H,47,50)/t25-,32+,33+/m1/s1. The van der Waals surface area contributed by atoms with Crippen LogP contribution in [0.1, 0.15) is 60.8 Å². The fourth-order valence-electron chi connectivity index (χ4n) is 6.68. The molecule has 9 nitrogen and oxygen atoms in total. The largest absolute Gasteiger partial charge is 0.416 e. The smallest absolute Gasteiger partial charge is 0.361 e. The van der Waals surface area contributed by atoms with E-state index >= 15 is 0 Å². The van der Waals surface area contributed by atoms with E-state index in [4.69, 9.17) is 11.5 Å². The predicted molar refractivity (Wildman–Crippen MR) is 197 cm³/mol. The second kappa shape index (κ2) is 18.0. The maximum Gasteiger partial charge on any atom is 0.416 e. The lowest BCUT2D eigenvalue weighted by molar-refractivity contribution is -0.143. The van der Waals surface area contributed by atoms with Gasteiger partial charge >= 0.3 is 6.18 Å². The Labute approximate surface area is 306 Å². The average Bonchev–Trinajstić information content (AvgIpc) is 3.54. The van der Waals surface area contributed by atoms with Gasteiger partial charge in [0.1, 0.15) is 6.04 Å². The number of unbranched alkanes of at least 4 members (excludes halogenated alkanes) is 1. The number of aromatic nitrogens is 1. The summed E-state index contributed by atoms with van der Waals surface area (Å²) in [7, 11) is 1.56. The summed E-state index contributed by atoms with van der Waals surface area (Å²) in [6.45, 7) is 0.944. The summed E-state index contributed by atoms with van der Waals surface area (Å²) in [5.74, 6) is -1.70. The summed E-state index contributed by atoms with van der Waals surface area (Å²) in [5, 5.41) is 7.16. The summed E-state index contributed by atoms with van der Waals surface area (Å²) < 4.78 is 41.8. The Bertz CT molecular complexity index is 1850. The van der Waals surface area contributed by atoms with E-state index in [0.717, 1.165) is 39.1 Å². The van der Waals surface area contributed by atoms with Crippen LogP contribution in [0.2, 0.25) is 0 Å². The number of Topliss-reactive ketones (excluding diaryl/α,β-unsaturated/α-hetero) is 1. The zero-order valence-electron chi connectivity index (χ0n) is 29.3. The first-order valence-corrected chi connectivity index (χ1v) is 18.5. The number of likely N-dealkylation sites (N-methyl/N-ethyl adjacent to an activating group) is 1. The highest BCUT2D eigenvalue weighted by atomic mass is 32.2. The van der Waals surface area contributed by atoms with Gasteiger partial charge in [-0.25, -0.2) is 0 Å². The van der Waals surface area contributed by atoms with Gasteiger partial charge in [0.25, 0.3) is 0 Å². The Balaban J connectivity index is 1.58. The third kappa shape index (κ3) is 9.82. The Morgan fingerprint density at radius 1 is 0.865 bits per heavy atom. The van der Waals surface area contributed by atoms with Gasteiger partial charge in [0.15, 0.2) is 5.78 Å². The van der Waals surface area contributed by atoms with Gasteiger partial charge in [-0.15, -0.1) is 0 Å². The minimum absolute atomic E-state index is 0.0283. The van der Waals surface area contributed by atoms with Gasteiger partial charge in [-0.3, -0.25) is 14.4 Å². The van der Waals surface area contributed by atoms with Crippen LogP contribution < -0.4 is 22.1 Å². The van der Waals surface area contributed by atoms with Crippen LogP contribution in [0.3, 0.4) is 0 Å². The quantitative estimate of drug-likeness (QED) is 0.134. The summed E-state index contributed by atoms with van der Waals surface area (Å²) >= 11 is 1.30. The van der Waals surface area contributed by atoms with Crippen molar-refractivity contribution < 1.29 is 27.6 Å². The molecule has 0 saturated carbocycles. The molecule has 4 aromatic rings. The van der Waals surface area contributed by atoms with Crippen LogP contribution in [0.4, 0.5) is 13.2 Å². The molecule has 2 amide bonds. The number of nitrogens with two attached hydrogens (primary N) is 2. The number of hydrogen-bond donors (Lipinski definition) is 5. The summed E-state index contributed by atoms with van der Waals surface area (Å²) in [6.07, 6.45) is 0.0809. The lowest BCUT2D eigenvalue weighted by atomic mass is 9.90. The molecule has 0 spiro atoms. The van der Waals surface area contributed by atoms with Crippen LogP contribution in [0.15, 0.2) is 82.7 Å². The van der Waals surface area contributed by atoms with Gasteiger partial charge in [-0.05, 0) is 85.8 Å². The minimum atomic E-state index is -4.59. The van der Waals surface area contributed by atoms with Crippen molar-refractivity contribution in [1.29, 1.82) is 0 Å². The van der Waals surface area contributed by atoms with Crippen molar-refractivity contribution in [2.75, 3.05) is 20.1 Å². The first-order valence-electron chi connectivity index (χ1n) is 17.7. The maximum absolute atomic E-state index is 14.4. The third-order valence-corrected chi connectivity index (χ3v) is 10.9. The number of hydrogen-bond acceptors (Lipinski definition) is 7. The number of rotatable bonds is 9. The molecule has 3 atom stereocenters. The Hall–Kier alpha value is -4.17. The van der Waals surface area contributed by atoms with E-state index in [1.54, 1.807) is 13.2 Å². The molecule has 52 heavy (non-hydrogen) atoms. The number of carbonyl (C=O) groups excluding carboxylic acids is 3. The Morgan fingerprint density at radius 3 is 2.37 bits per heavy atom. The highest BCUT2D eigenvalue weighted by Gasteiger charge is 2.35. The number of halogens is 3. The second-order valence-electron chi connectivity index (χ2n) is 13.3. The minimum Gasteiger partial charge on any atom is -0.361 e. The molecule has 7 N–H and O–H groups in total. The molecule has 0 fully saturated rings. The molecular formula is C39H47F3N6O3S. The molecule has 0 aliphatic carbocycles. The van der Waals surface area contributed by atoms with E-state index in [2.05, 4.69) is 15.6 Å². The van der Waals surface area contributed by atoms with Crippen LogP contribution in [-0.4, -0.2) is 59.7 Å². The normalized spacial score (nSPS) is 19.6. The van der Waals surface area contributed by atoms with E-state index in [0.29, 0.717) is 56.6 Å². The van der Waals surface area contributed by atoms with Crippen LogP contribution in [0.5, 0.6) is 0 Å². The molecule has 0 unspecified atom stereocenters. The first-order chi connectivity index (χ1) is 25.0. The number of nitrogens with zero attached hydrogens (tertiary/aromatic N) is 1. The zero-order chi connectivity index (χ0) is 37.3. The first kappa shape index (κ1) is 39.0.